The van der Waals surface area contributed by atoms with Gasteiger partial charge in [-0.2, -0.15) is 0 Å². The molecule has 102 valence electrons. The fourth-order valence-electron chi connectivity index (χ4n) is 1.98. The fraction of sp³-hybridized carbons (Fsp3) is 0.143. The van der Waals surface area contributed by atoms with Crippen molar-refractivity contribution in [2.45, 2.75) is 0 Å². The summed E-state index contributed by atoms with van der Waals surface area (Å²) in [5, 5.41) is 3.95. The van der Waals surface area contributed by atoms with Gasteiger partial charge in [0.1, 0.15) is 11.1 Å². The molecule has 0 saturated heterocycles. The molecule has 6 heteroatoms. The Bertz CT molecular complexity index is 829. The van der Waals surface area contributed by atoms with Crippen LogP contribution in [0.15, 0.2) is 50.4 Å². The van der Waals surface area contributed by atoms with E-state index in [9.17, 15) is 4.79 Å². The number of H-pyrrole nitrogens is 1. The van der Waals surface area contributed by atoms with Crippen molar-refractivity contribution in [2.24, 2.45) is 0 Å². The third-order valence-corrected chi connectivity index (χ3v) is 3.40. The molecule has 1 aromatic carbocycles. The summed E-state index contributed by atoms with van der Waals surface area (Å²) in [6, 6.07) is 5.55. The number of aromatic nitrogens is 2. The Morgan fingerprint density at radius 3 is 2.75 bits per heavy atom. The van der Waals surface area contributed by atoms with E-state index in [1.807, 2.05) is 12.1 Å². The number of rotatable bonds is 0. The van der Waals surface area contributed by atoms with Crippen LogP contribution in [0.3, 0.4) is 0 Å². The Kier molecular flexibility index (Phi) is 3.66. The molecule has 1 aliphatic heterocycles. The van der Waals surface area contributed by atoms with E-state index in [2.05, 4.69) is 43.4 Å². The Morgan fingerprint density at radius 1 is 1.25 bits per heavy atom. The molecular formula is C14H12BrN3O2. The molecule has 0 amide bonds. The van der Waals surface area contributed by atoms with Crippen molar-refractivity contribution >= 4 is 38.0 Å². The Labute approximate surface area is 122 Å². The van der Waals surface area contributed by atoms with E-state index in [1.54, 1.807) is 6.07 Å². The van der Waals surface area contributed by atoms with E-state index in [1.165, 1.54) is 6.33 Å². The zero-order valence-corrected chi connectivity index (χ0v) is 12.1. The lowest BCUT2D eigenvalue weighted by Crippen LogP contribution is -2.04. The number of fused-ring (bicyclic) bond motifs is 3. The smallest absolute Gasteiger partial charge is 0.294 e. The first-order chi connectivity index (χ1) is 9.75. The van der Waals surface area contributed by atoms with E-state index < -0.39 is 0 Å². The van der Waals surface area contributed by atoms with E-state index >= 15 is 0 Å². The van der Waals surface area contributed by atoms with E-state index in [-0.39, 0.29) is 11.1 Å². The molecule has 2 N–H and O–H groups in total. The van der Waals surface area contributed by atoms with Crippen LogP contribution in [0.1, 0.15) is 0 Å². The minimum absolute atomic E-state index is 0.257. The number of nitrogens with zero attached hydrogens (tertiary/aromatic N) is 1. The molecule has 0 spiro atoms. The van der Waals surface area contributed by atoms with Crippen LogP contribution >= 0.6 is 15.9 Å². The van der Waals surface area contributed by atoms with E-state index in [0.717, 1.165) is 22.9 Å². The molecule has 0 atom stereocenters. The summed E-state index contributed by atoms with van der Waals surface area (Å²) in [6.45, 7) is 2.14. The summed E-state index contributed by atoms with van der Waals surface area (Å²) in [4.78, 5) is 18.0. The highest BCUT2D eigenvalue weighted by atomic mass is 79.9. The molecule has 20 heavy (non-hydrogen) atoms. The van der Waals surface area contributed by atoms with Crippen LogP contribution in [0, 0.1) is 0 Å². The van der Waals surface area contributed by atoms with E-state index in [0.29, 0.717) is 11.1 Å². The highest BCUT2D eigenvalue weighted by Gasteiger charge is 2.10. The number of benzene rings is 1. The molecule has 1 aliphatic rings. The van der Waals surface area contributed by atoms with Gasteiger partial charge in [-0.3, -0.25) is 4.79 Å². The summed E-state index contributed by atoms with van der Waals surface area (Å²) in [5.74, 6) is 0. The third-order valence-electron chi connectivity index (χ3n) is 2.91. The lowest BCUT2D eigenvalue weighted by Gasteiger charge is -1.88. The summed E-state index contributed by atoms with van der Waals surface area (Å²) >= 11 is 3.37. The molecule has 0 bridgehead atoms. The van der Waals surface area contributed by atoms with Gasteiger partial charge in [0.15, 0.2) is 0 Å². The molecule has 0 fully saturated rings. The van der Waals surface area contributed by atoms with Crippen LogP contribution in [-0.2, 0) is 0 Å². The van der Waals surface area contributed by atoms with Crippen molar-refractivity contribution in [1.29, 1.82) is 0 Å². The molecule has 3 heterocycles. The molecular weight excluding hydrogens is 322 g/mol. The Hall–Kier alpha value is -1.92. The van der Waals surface area contributed by atoms with Gasteiger partial charge in [0.05, 0.1) is 6.33 Å². The third kappa shape index (κ3) is 2.52. The summed E-state index contributed by atoms with van der Waals surface area (Å²) in [7, 11) is 0. The normalized spacial score (nSPS) is 13.7. The van der Waals surface area contributed by atoms with Gasteiger partial charge in [0, 0.05) is 22.9 Å². The second-order valence-electron chi connectivity index (χ2n) is 4.28. The van der Waals surface area contributed by atoms with Crippen LogP contribution in [0.5, 0.6) is 0 Å². The predicted octanol–water partition coefficient (Wildman–Crippen LogP) is 2.58. The van der Waals surface area contributed by atoms with Gasteiger partial charge >= 0.3 is 0 Å². The van der Waals surface area contributed by atoms with Gasteiger partial charge in [-0.05, 0) is 18.2 Å². The van der Waals surface area contributed by atoms with Gasteiger partial charge in [-0.15, -0.1) is 0 Å². The first-order valence-corrected chi connectivity index (χ1v) is 6.96. The average molecular weight is 334 g/mol. The Balaban J connectivity index is 0.000000205. The maximum absolute atomic E-state index is 11.4. The number of nitrogens with one attached hydrogen (secondary N) is 2. The molecule has 0 unspecified atom stereocenters. The van der Waals surface area contributed by atoms with Crippen LogP contribution in [-0.4, -0.2) is 23.1 Å². The molecule has 2 aromatic heterocycles. The summed E-state index contributed by atoms with van der Waals surface area (Å²) < 4.78 is 6.34. The quantitative estimate of drug-likeness (QED) is 0.620. The van der Waals surface area contributed by atoms with Crippen LogP contribution in [0.25, 0.3) is 22.1 Å². The first kappa shape index (κ1) is 13.1. The van der Waals surface area contributed by atoms with Gasteiger partial charge in [0.2, 0.25) is 5.58 Å². The van der Waals surface area contributed by atoms with Crippen molar-refractivity contribution in [1.82, 2.24) is 15.3 Å². The summed E-state index contributed by atoms with van der Waals surface area (Å²) in [6.07, 6.45) is 5.63. The van der Waals surface area contributed by atoms with Gasteiger partial charge in [0.25, 0.3) is 5.56 Å². The molecule has 0 radical (unpaired) electrons. The van der Waals surface area contributed by atoms with Crippen molar-refractivity contribution < 1.29 is 4.42 Å². The molecule has 4 rings (SSSR count). The molecule has 0 aliphatic carbocycles. The van der Waals surface area contributed by atoms with Crippen molar-refractivity contribution in [3.63, 3.8) is 0 Å². The van der Waals surface area contributed by atoms with Gasteiger partial charge in [-0.1, -0.05) is 28.1 Å². The molecule has 0 saturated carbocycles. The fourth-order valence-corrected chi connectivity index (χ4v) is 2.34. The van der Waals surface area contributed by atoms with Crippen LogP contribution < -0.4 is 10.9 Å². The highest BCUT2D eigenvalue weighted by Crippen LogP contribution is 2.27. The molecule has 5 nitrogen and oxygen atoms in total. The second kappa shape index (κ2) is 5.60. The monoisotopic (exact) mass is 333 g/mol. The first-order valence-electron chi connectivity index (χ1n) is 6.17. The minimum atomic E-state index is -0.257. The molecule has 3 aromatic rings. The van der Waals surface area contributed by atoms with Crippen molar-refractivity contribution in [3.05, 3.63) is 51.5 Å². The largest absolute Gasteiger partial charge is 0.449 e. The summed E-state index contributed by atoms with van der Waals surface area (Å²) in [5.41, 5.74) is 1.27. The van der Waals surface area contributed by atoms with Crippen LogP contribution in [0.2, 0.25) is 0 Å². The SMILES string of the molecule is C1=CCNC1.O=c1[nH]cnc2c1oc1ccc(Br)cc12. The topological polar surface area (TPSA) is 70.9 Å². The van der Waals surface area contributed by atoms with Crippen molar-refractivity contribution in [2.75, 3.05) is 13.1 Å². The maximum Gasteiger partial charge on any atom is 0.294 e. The van der Waals surface area contributed by atoms with Gasteiger partial charge < -0.3 is 14.7 Å². The zero-order chi connectivity index (χ0) is 13.9. The highest BCUT2D eigenvalue weighted by molar-refractivity contribution is 9.10. The number of furan rings is 1. The second-order valence-corrected chi connectivity index (χ2v) is 5.20. The number of hydrogen-bond acceptors (Lipinski definition) is 4. The predicted molar refractivity (Wildman–Crippen MR) is 81.8 cm³/mol. The van der Waals surface area contributed by atoms with Crippen molar-refractivity contribution in [3.8, 4) is 0 Å². The lowest BCUT2D eigenvalue weighted by molar-refractivity contribution is 0.661. The number of hydrogen-bond donors (Lipinski definition) is 2. The number of halogens is 1. The van der Waals surface area contributed by atoms with Gasteiger partial charge in [-0.25, -0.2) is 4.98 Å². The average Bonchev–Trinajstić information content (AvgIpc) is 3.10. The Morgan fingerprint density at radius 2 is 2.05 bits per heavy atom. The van der Waals surface area contributed by atoms with E-state index in [4.69, 9.17) is 4.42 Å². The maximum atomic E-state index is 11.4. The minimum Gasteiger partial charge on any atom is -0.449 e. The zero-order valence-electron chi connectivity index (χ0n) is 10.5. The lowest BCUT2D eigenvalue weighted by atomic mass is 10.2. The van der Waals surface area contributed by atoms with Crippen LogP contribution in [0.4, 0.5) is 0 Å². The standard InChI is InChI=1S/C10H5BrN2O2.C4H7N/c11-5-1-2-7-6(3-5)8-9(15-7)10(14)13-4-12-8;1-2-4-5-3-1/h1-4H,(H,12,13,14);1-2,5H,3-4H2. The number of aromatic amines is 1.